The van der Waals surface area contributed by atoms with Crippen LogP contribution in [0.1, 0.15) is 16.9 Å². The molecule has 0 saturated carbocycles. The number of furan rings is 1. The zero-order chi connectivity index (χ0) is 20.4. The highest BCUT2D eigenvalue weighted by Gasteiger charge is 2.35. The third kappa shape index (κ3) is 4.19. The van der Waals surface area contributed by atoms with Gasteiger partial charge in [0.05, 0.1) is 23.1 Å². The molecule has 29 heavy (non-hydrogen) atoms. The van der Waals surface area contributed by atoms with Crippen LogP contribution in [0.15, 0.2) is 74.5 Å². The van der Waals surface area contributed by atoms with Crippen LogP contribution in [0.2, 0.25) is 0 Å². The average Bonchev–Trinajstić information content (AvgIpc) is 3.30. The molecular formula is C22H13BrN2O3S. The summed E-state index contributed by atoms with van der Waals surface area (Å²) < 4.78 is 6.73. The van der Waals surface area contributed by atoms with E-state index in [0.29, 0.717) is 22.0 Å². The van der Waals surface area contributed by atoms with Crippen molar-refractivity contribution in [3.05, 3.63) is 86.9 Å². The van der Waals surface area contributed by atoms with E-state index in [1.54, 1.807) is 42.5 Å². The zero-order valence-corrected chi connectivity index (χ0v) is 17.4. The molecule has 7 heteroatoms. The van der Waals surface area contributed by atoms with Gasteiger partial charge in [0, 0.05) is 16.1 Å². The van der Waals surface area contributed by atoms with Gasteiger partial charge in [-0.2, -0.15) is 5.26 Å². The van der Waals surface area contributed by atoms with Gasteiger partial charge in [0.15, 0.2) is 0 Å². The van der Waals surface area contributed by atoms with Gasteiger partial charge in [0.1, 0.15) is 11.5 Å². The number of benzene rings is 2. The fraction of sp³-hybridized carbons (Fsp3) is 0.0455. The fourth-order valence-corrected chi connectivity index (χ4v) is 3.92. The highest BCUT2D eigenvalue weighted by atomic mass is 79.9. The molecule has 4 rings (SSSR count). The molecule has 0 radical (unpaired) electrons. The van der Waals surface area contributed by atoms with Crippen LogP contribution < -0.4 is 0 Å². The number of rotatable bonds is 4. The number of imide groups is 1. The molecular weight excluding hydrogens is 452 g/mol. The second-order valence-corrected chi connectivity index (χ2v) is 8.19. The van der Waals surface area contributed by atoms with E-state index in [9.17, 15) is 9.59 Å². The molecule has 0 atom stereocenters. The summed E-state index contributed by atoms with van der Waals surface area (Å²) in [5, 5.41) is 8.58. The number of thioether (sulfide) groups is 1. The van der Waals surface area contributed by atoms with Crippen molar-refractivity contribution in [3.63, 3.8) is 0 Å². The van der Waals surface area contributed by atoms with E-state index in [1.807, 2.05) is 24.3 Å². The van der Waals surface area contributed by atoms with Crippen molar-refractivity contribution >= 4 is 44.9 Å². The first-order valence-electron chi connectivity index (χ1n) is 8.64. The van der Waals surface area contributed by atoms with Crippen LogP contribution >= 0.6 is 27.7 Å². The van der Waals surface area contributed by atoms with Crippen LogP contribution in [0.4, 0.5) is 4.79 Å². The predicted molar refractivity (Wildman–Crippen MR) is 115 cm³/mol. The normalized spacial score (nSPS) is 15.2. The van der Waals surface area contributed by atoms with Gasteiger partial charge in [-0.3, -0.25) is 14.5 Å². The van der Waals surface area contributed by atoms with Crippen molar-refractivity contribution in [2.24, 2.45) is 0 Å². The molecule has 0 unspecified atom stereocenters. The first-order valence-corrected chi connectivity index (χ1v) is 10.2. The van der Waals surface area contributed by atoms with Crippen molar-refractivity contribution in [2.45, 2.75) is 6.54 Å². The summed E-state index contributed by atoms with van der Waals surface area (Å²) in [4.78, 5) is 26.5. The summed E-state index contributed by atoms with van der Waals surface area (Å²) in [7, 11) is 0. The third-order valence-corrected chi connectivity index (χ3v) is 5.76. The molecule has 1 fully saturated rings. The minimum atomic E-state index is -0.334. The quantitative estimate of drug-likeness (QED) is 0.454. The highest BCUT2D eigenvalue weighted by molar-refractivity contribution is 9.10. The Morgan fingerprint density at radius 2 is 1.76 bits per heavy atom. The Morgan fingerprint density at radius 1 is 1.03 bits per heavy atom. The molecule has 2 aromatic carbocycles. The number of hydrogen-bond acceptors (Lipinski definition) is 5. The Kier molecular flexibility index (Phi) is 5.38. The molecule has 0 aliphatic carbocycles. The maximum atomic E-state index is 12.7. The number of amides is 2. The monoisotopic (exact) mass is 464 g/mol. The van der Waals surface area contributed by atoms with Gasteiger partial charge in [-0.05, 0) is 65.9 Å². The Bertz CT molecular complexity index is 1160. The molecule has 142 valence electrons. The first-order chi connectivity index (χ1) is 14.0. The van der Waals surface area contributed by atoms with Crippen molar-refractivity contribution in [1.29, 1.82) is 5.26 Å². The van der Waals surface area contributed by atoms with Crippen molar-refractivity contribution in [3.8, 4) is 17.4 Å². The number of hydrogen-bond donors (Lipinski definition) is 0. The van der Waals surface area contributed by atoms with Crippen LogP contribution in [0, 0.1) is 11.3 Å². The van der Waals surface area contributed by atoms with Gasteiger partial charge in [-0.15, -0.1) is 0 Å². The molecule has 2 amide bonds. The maximum absolute atomic E-state index is 12.7. The molecule has 0 N–H and O–H groups in total. The minimum Gasteiger partial charge on any atom is -0.457 e. The van der Waals surface area contributed by atoms with Crippen LogP contribution in [-0.2, 0) is 11.3 Å². The number of halogens is 1. The summed E-state index contributed by atoms with van der Waals surface area (Å²) in [6.45, 7) is 0.226. The van der Waals surface area contributed by atoms with Gasteiger partial charge in [0.25, 0.3) is 11.1 Å². The minimum absolute atomic E-state index is 0.226. The Morgan fingerprint density at radius 3 is 2.45 bits per heavy atom. The number of carbonyl (C=O) groups is 2. The summed E-state index contributed by atoms with van der Waals surface area (Å²) in [6, 6.07) is 20.1. The van der Waals surface area contributed by atoms with Crippen molar-refractivity contribution in [2.75, 3.05) is 0 Å². The average molecular weight is 465 g/mol. The van der Waals surface area contributed by atoms with E-state index in [2.05, 4.69) is 22.0 Å². The number of nitriles is 1. The van der Waals surface area contributed by atoms with E-state index >= 15 is 0 Å². The van der Waals surface area contributed by atoms with Gasteiger partial charge < -0.3 is 4.42 Å². The molecule has 1 aliphatic heterocycles. The lowest BCUT2D eigenvalue weighted by molar-refractivity contribution is -0.123. The molecule has 3 aromatic rings. The molecule has 2 heterocycles. The SMILES string of the molecule is N#Cc1ccc(-c2ccc(/C=C3\SC(=O)N(Cc4ccc(Br)cc4)C3=O)o2)cc1. The maximum Gasteiger partial charge on any atom is 0.293 e. The molecule has 0 bridgehead atoms. The van der Waals surface area contributed by atoms with Crippen molar-refractivity contribution in [1.82, 2.24) is 4.90 Å². The Hall–Kier alpha value is -3.08. The standard InChI is InChI=1S/C22H13BrN2O3S/c23-17-7-3-15(4-8-17)13-25-21(26)20(29-22(25)27)11-18-9-10-19(28-18)16-5-1-14(12-24)2-6-16/h1-11H,13H2/b20-11-. The summed E-state index contributed by atoms with van der Waals surface area (Å²) in [5.74, 6) is 0.771. The Balaban J connectivity index is 1.52. The second kappa shape index (κ2) is 8.11. The lowest BCUT2D eigenvalue weighted by Gasteiger charge is -2.12. The Labute approximate surface area is 179 Å². The lowest BCUT2D eigenvalue weighted by Crippen LogP contribution is -2.27. The molecule has 5 nitrogen and oxygen atoms in total. The fourth-order valence-electron chi connectivity index (χ4n) is 2.83. The van der Waals surface area contributed by atoms with E-state index in [0.717, 1.165) is 27.4 Å². The largest absolute Gasteiger partial charge is 0.457 e. The van der Waals surface area contributed by atoms with E-state index in [-0.39, 0.29) is 17.7 Å². The van der Waals surface area contributed by atoms with Crippen LogP contribution in [-0.4, -0.2) is 16.0 Å². The number of carbonyl (C=O) groups excluding carboxylic acids is 2. The van der Waals surface area contributed by atoms with Gasteiger partial charge in [-0.25, -0.2) is 0 Å². The summed E-state index contributed by atoms with van der Waals surface area (Å²) in [5.41, 5.74) is 2.27. The third-order valence-electron chi connectivity index (χ3n) is 4.33. The summed E-state index contributed by atoms with van der Waals surface area (Å²) >= 11 is 4.27. The molecule has 1 aromatic heterocycles. The van der Waals surface area contributed by atoms with Gasteiger partial charge in [-0.1, -0.05) is 28.1 Å². The summed E-state index contributed by atoms with van der Waals surface area (Å²) in [6.07, 6.45) is 1.58. The van der Waals surface area contributed by atoms with E-state index in [1.165, 1.54) is 4.90 Å². The molecule has 1 aliphatic rings. The van der Waals surface area contributed by atoms with Crippen molar-refractivity contribution < 1.29 is 14.0 Å². The highest BCUT2D eigenvalue weighted by Crippen LogP contribution is 2.34. The second-order valence-electron chi connectivity index (χ2n) is 6.29. The topological polar surface area (TPSA) is 74.3 Å². The van der Waals surface area contributed by atoms with E-state index in [4.69, 9.17) is 9.68 Å². The predicted octanol–water partition coefficient (Wildman–Crippen LogP) is 5.82. The first kappa shape index (κ1) is 19.2. The van der Waals surface area contributed by atoms with Gasteiger partial charge >= 0.3 is 0 Å². The molecule has 1 saturated heterocycles. The molecule has 0 spiro atoms. The smallest absolute Gasteiger partial charge is 0.293 e. The van der Waals surface area contributed by atoms with Crippen LogP contribution in [0.5, 0.6) is 0 Å². The zero-order valence-electron chi connectivity index (χ0n) is 15.0. The number of nitrogens with zero attached hydrogens (tertiary/aromatic N) is 2. The van der Waals surface area contributed by atoms with Gasteiger partial charge in [0.2, 0.25) is 0 Å². The lowest BCUT2D eigenvalue weighted by atomic mass is 10.1. The van der Waals surface area contributed by atoms with Crippen LogP contribution in [0.25, 0.3) is 17.4 Å². The van der Waals surface area contributed by atoms with E-state index < -0.39 is 0 Å². The van der Waals surface area contributed by atoms with Crippen LogP contribution in [0.3, 0.4) is 0 Å².